The molecule has 2 aliphatic rings. The molecule has 0 aromatic heterocycles. The van der Waals surface area contributed by atoms with Crippen LogP contribution in [0.15, 0.2) is 45.7 Å². The predicted octanol–water partition coefficient (Wildman–Crippen LogP) is 3.69. The number of ketones is 1. The summed E-state index contributed by atoms with van der Waals surface area (Å²) in [5, 5.41) is 0. The van der Waals surface area contributed by atoms with Gasteiger partial charge in [0.2, 0.25) is 5.90 Å². The van der Waals surface area contributed by atoms with E-state index < -0.39 is 21.5 Å². The molecule has 0 bridgehead atoms. The number of rotatable bonds is 5. The number of sulfonamides is 1. The monoisotopic (exact) mass is 419 g/mol. The quantitative estimate of drug-likeness (QED) is 0.537. The summed E-state index contributed by atoms with van der Waals surface area (Å²) in [5.74, 6) is -0.376. The Balaban J connectivity index is 2.03. The molecule has 0 N–H and O–H groups in total. The van der Waals surface area contributed by atoms with Gasteiger partial charge in [0.25, 0.3) is 10.0 Å². The summed E-state index contributed by atoms with van der Waals surface area (Å²) in [6.45, 7) is 9.88. The summed E-state index contributed by atoms with van der Waals surface area (Å²) in [7, 11) is -3.95. The van der Waals surface area contributed by atoms with E-state index in [0.717, 1.165) is 5.56 Å². The van der Waals surface area contributed by atoms with E-state index in [2.05, 4.69) is 4.40 Å². The highest BCUT2D eigenvalue weighted by atomic mass is 32.2. The maximum Gasteiger partial charge on any atom is 0.285 e. The summed E-state index contributed by atoms with van der Waals surface area (Å²) in [6, 6.07) is 6.55. The molecule has 1 saturated heterocycles. The SMILES string of the molecule is Cc1ccc(S(=O)(=O)/N=C(/OC(C)C)[C@@H]2CO[C@@]3(C(C)C)C=CC(=O)C[C@@H]23)cc1. The fourth-order valence-electron chi connectivity index (χ4n) is 4.08. The van der Waals surface area contributed by atoms with Gasteiger partial charge in [-0.25, -0.2) is 0 Å². The number of aryl methyl sites for hydroxylation is 1. The molecule has 1 aliphatic carbocycles. The zero-order valence-electron chi connectivity index (χ0n) is 17.6. The van der Waals surface area contributed by atoms with Crippen molar-refractivity contribution in [2.24, 2.45) is 22.2 Å². The van der Waals surface area contributed by atoms with Gasteiger partial charge in [-0.2, -0.15) is 8.42 Å². The maximum atomic E-state index is 12.9. The molecule has 1 heterocycles. The number of hydrogen-bond donors (Lipinski definition) is 0. The Labute approximate surface area is 173 Å². The van der Waals surface area contributed by atoms with Crippen LogP contribution in [0.25, 0.3) is 0 Å². The van der Waals surface area contributed by atoms with E-state index in [-0.39, 0.29) is 47.5 Å². The normalized spacial score (nSPS) is 27.6. The number of benzene rings is 1. The van der Waals surface area contributed by atoms with Crippen LogP contribution in [0.5, 0.6) is 0 Å². The van der Waals surface area contributed by atoms with Crippen LogP contribution < -0.4 is 0 Å². The van der Waals surface area contributed by atoms with Gasteiger partial charge in [0.1, 0.15) is 0 Å². The molecule has 0 unspecified atom stereocenters. The largest absolute Gasteiger partial charge is 0.477 e. The first-order valence-electron chi connectivity index (χ1n) is 9.99. The van der Waals surface area contributed by atoms with Gasteiger partial charge in [0.15, 0.2) is 5.78 Å². The number of carbonyl (C=O) groups is 1. The molecule has 1 aliphatic heterocycles. The van der Waals surface area contributed by atoms with Crippen molar-refractivity contribution >= 4 is 21.7 Å². The van der Waals surface area contributed by atoms with Gasteiger partial charge < -0.3 is 9.47 Å². The number of ether oxygens (including phenoxy) is 2. The molecule has 0 spiro atoms. The smallest absolute Gasteiger partial charge is 0.285 e. The van der Waals surface area contributed by atoms with Crippen LogP contribution in [0.4, 0.5) is 0 Å². The minimum absolute atomic E-state index is 0.00654. The average Bonchev–Trinajstić information content (AvgIpc) is 3.01. The Morgan fingerprint density at radius 3 is 2.45 bits per heavy atom. The fourth-order valence-corrected chi connectivity index (χ4v) is 5.08. The van der Waals surface area contributed by atoms with Gasteiger partial charge in [-0.1, -0.05) is 31.5 Å². The van der Waals surface area contributed by atoms with Gasteiger partial charge in [0, 0.05) is 12.3 Å². The zero-order chi connectivity index (χ0) is 21.4. The van der Waals surface area contributed by atoms with Gasteiger partial charge in [-0.05, 0) is 51.0 Å². The van der Waals surface area contributed by atoms with Crippen LogP contribution in [0.2, 0.25) is 0 Å². The Hall–Kier alpha value is -1.99. The lowest BCUT2D eigenvalue weighted by atomic mass is 9.69. The van der Waals surface area contributed by atoms with Crippen LogP contribution in [-0.2, 0) is 24.3 Å². The molecule has 0 saturated carbocycles. The van der Waals surface area contributed by atoms with Crippen molar-refractivity contribution in [3.63, 3.8) is 0 Å². The number of nitrogens with zero attached hydrogens (tertiary/aromatic N) is 1. The van der Waals surface area contributed by atoms with Crippen LogP contribution in [-0.4, -0.2) is 38.4 Å². The molecule has 1 aromatic carbocycles. The van der Waals surface area contributed by atoms with Crippen molar-refractivity contribution in [1.29, 1.82) is 0 Å². The lowest BCUT2D eigenvalue weighted by Gasteiger charge is -2.38. The van der Waals surface area contributed by atoms with Crippen molar-refractivity contribution in [3.05, 3.63) is 42.0 Å². The van der Waals surface area contributed by atoms with Crippen molar-refractivity contribution in [3.8, 4) is 0 Å². The van der Waals surface area contributed by atoms with E-state index in [4.69, 9.17) is 9.47 Å². The number of allylic oxidation sites excluding steroid dienone is 1. The van der Waals surface area contributed by atoms with Crippen LogP contribution in [0.3, 0.4) is 0 Å². The average molecular weight is 420 g/mol. The second kappa shape index (κ2) is 8.03. The third kappa shape index (κ3) is 4.31. The standard InChI is InChI=1S/C22H29NO5S/c1-14(2)22-11-10-17(24)12-20(22)19(13-27-22)21(28-15(3)4)23-29(25,26)18-8-6-16(5)7-9-18/h6-11,14-15,19-20H,12-13H2,1-5H3/b23-21+/t19-,20+,22-/m1/s1. The van der Waals surface area contributed by atoms with Crippen molar-refractivity contribution in [2.45, 2.75) is 57.6 Å². The van der Waals surface area contributed by atoms with Crippen molar-refractivity contribution < 1.29 is 22.7 Å². The van der Waals surface area contributed by atoms with Crippen molar-refractivity contribution in [1.82, 2.24) is 0 Å². The summed E-state index contributed by atoms with van der Waals surface area (Å²) < 4.78 is 42.0. The lowest BCUT2D eigenvalue weighted by molar-refractivity contribution is -0.118. The Bertz CT molecular complexity index is 930. The molecule has 6 nitrogen and oxygen atoms in total. The number of fused-ring (bicyclic) bond motifs is 1. The van der Waals surface area contributed by atoms with Crippen molar-refractivity contribution in [2.75, 3.05) is 6.61 Å². The first kappa shape index (κ1) is 21.7. The second-order valence-corrected chi connectivity index (χ2v) is 10.0. The molecule has 158 valence electrons. The van der Waals surface area contributed by atoms with Crippen LogP contribution in [0.1, 0.15) is 39.7 Å². The molecule has 3 atom stereocenters. The summed E-state index contributed by atoms with van der Waals surface area (Å²) in [4.78, 5) is 12.3. The minimum atomic E-state index is -3.95. The molecule has 1 aromatic rings. The third-order valence-corrected chi connectivity index (χ3v) is 6.92. The second-order valence-electron chi connectivity index (χ2n) is 8.42. The Kier molecular flexibility index (Phi) is 6.01. The number of carbonyl (C=O) groups excluding carboxylic acids is 1. The van der Waals surface area contributed by atoms with E-state index in [9.17, 15) is 13.2 Å². The molecular weight excluding hydrogens is 390 g/mol. The molecule has 3 rings (SSSR count). The number of hydrogen-bond acceptors (Lipinski definition) is 5. The van der Waals surface area contributed by atoms with Crippen LogP contribution >= 0.6 is 0 Å². The van der Waals surface area contributed by atoms with Gasteiger partial charge >= 0.3 is 0 Å². The fraction of sp³-hybridized carbons (Fsp3) is 0.545. The topological polar surface area (TPSA) is 82.0 Å². The minimum Gasteiger partial charge on any atom is -0.477 e. The molecule has 1 fully saturated rings. The molecule has 29 heavy (non-hydrogen) atoms. The molecule has 7 heteroatoms. The molecule has 0 radical (unpaired) electrons. The first-order chi connectivity index (χ1) is 13.5. The summed E-state index contributed by atoms with van der Waals surface area (Å²) in [5.41, 5.74) is 0.345. The van der Waals surface area contributed by atoms with Gasteiger partial charge in [0.05, 0.1) is 29.1 Å². The highest BCUT2D eigenvalue weighted by Gasteiger charge is 2.54. The zero-order valence-corrected chi connectivity index (χ0v) is 18.4. The maximum absolute atomic E-state index is 12.9. The first-order valence-corrected chi connectivity index (χ1v) is 11.4. The highest BCUT2D eigenvalue weighted by Crippen LogP contribution is 2.47. The van der Waals surface area contributed by atoms with Gasteiger partial charge in [-0.3, -0.25) is 4.79 Å². The Morgan fingerprint density at radius 1 is 1.21 bits per heavy atom. The molecule has 0 amide bonds. The van der Waals surface area contributed by atoms with E-state index in [1.807, 2.05) is 40.7 Å². The lowest BCUT2D eigenvalue weighted by Crippen LogP contribution is -2.45. The summed E-state index contributed by atoms with van der Waals surface area (Å²) in [6.07, 6.45) is 3.42. The van der Waals surface area contributed by atoms with E-state index in [1.165, 1.54) is 12.1 Å². The molecular formula is C22H29NO5S. The van der Waals surface area contributed by atoms with E-state index in [0.29, 0.717) is 0 Å². The highest BCUT2D eigenvalue weighted by molar-refractivity contribution is 7.90. The third-order valence-electron chi connectivity index (χ3n) is 5.63. The summed E-state index contributed by atoms with van der Waals surface area (Å²) >= 11 is 0. The van der Waals surface area contributed by atoms with E-state index in [1.54, 1.807) is 18.2 Å². The van der Waals surface area contributed by atoms with E-state index >= 15 is 0 Å². The van der Waals surface area contributed by atoms with Crippen LogP contribution in [0, 0.1) is 24.7 Å². The predicted molar refractivity (Wildman–Crippen MR) is 111 cm³/mol. The van der Waals surface area contributed by atoms with Gasteiger partial charge in [-0.15, -0.1) is 4.40 Å². The Morgan fingerprint density at radius 2 is 1.86 bits per heavy atom.